The second kappa shape index (κ2) is 5.28. The van der Waals surface area contributed by atoms with Crippen LogP contribution in [0.5, 0.6) is 0 Å². The maximum atomic E-state index is 10.3. The Balaban J connectivity index is 2.82. The number of hydrogen-bond acceptors (Lipinski definition) is 1. The molecule has 0 spiro atoms. The minimum Gasteiger partial charge on any atom is -0.382 e. The second-order valence-electron chi connectivity index (χ2n) is 4.85. The highest BCUT2D eigenvalue weighted by Crippen LogP contribution is 2.23. The Morgan fingerprint density at radius 1 is 1.31 bits per heavy atom. The number of nitrogens with zero attached hydrogens (tertiary/aromatic N) is 1. The van der Waals surface area contributed by atoms with E-state index in [1.165, 1.54) is 0 Å². The fourth-order valence-corrected chi connectivity index (χ4v) is 1.81. The first kappa shape index (κ1) is 12.9. The molecule has 16 heavy (non-hydrogen) atoms. The molecular weight excluding hydrogens is 198 g/mol. The minimum atomic E-state index is -0.434. The molecule has 1 aromatic carbocycles. The molecule has 0 radical (unpaired) electrons. The van der Waals surface area contributed by atoms with Gasteiger partial charge in [0, 0.05) is 0 Å². The van der Waals surface area contributed by atoms with Gasteiger partial charge < -0.3 is 9.59 Å². The van der Waals surface area contributed by atoms with Crippen molar-refractivity contribution in [2.75, 3.05) is 20.6 Å². The van der Waals surface area contributed by atoms with Crippen molar-refractivity contribution in [3.8, 4) is 0 Å². The molecule has 1 rings (SSSR count). The highest BCUT2D eigenvalue weighted by Gasteiger charge is 2.30. The number of rotatable bonds is 5. The van der Waals surface area contributed by atoms with Crippen LogP contribution in [0.1, 0.15) is 18.6 Å². The van der Waals surface area contributed by atoms with Crippen LogP contribution in [-0.2, 0) is 0 Å². The lowest BCUT2D eigenvalue weighted by Crippen LogP contribution is -2.50. The number of aliphatic hydroxyl groups excluding tert-OH is 1. The summed E-state index contributed by atoms with van der Waals surface area (Å²) in [6.07, 6.45) is 1.46. The average Bonchev–Trinajstić information content (AvgIpc) is 2.28. The standard InChI is InChI=1S/C14H22NO/c1-5-11-15(3,4)12(2)14(16)13-9-7-6-8-10-13/h5-10,12,14,16H,1,11H2,2-4H3/q+1. The summed E-state index contributed by atoms with van der Waals surface area (Å²) in [6.45, 7) is 6.69. The molecule has 0 amide bonds. The Morgan fingerprint density at radius 3 is 2.38 bits per heavy atom. The topological polar surface area (TPSA) is 20.2 Å². The fraction of sp³-hybridized carbons (Fsp3) is 0.429. The number of benzene rings is 1. The van der Waals surface area contributed by atoms with Crippen molar-refractivity contribution in [3.63, 3.8) is 0 Å². The Morgan fingerprint density at radius 2 is 1.88 bits per heavy atom. The molecule has 0 aliphatic heterocycles. The smallest absolute Gasteiger partial charge is 0.130 e. The molecule has 1 aromatic rings. The SMILES string of the molecule is C=CC[N+](C)(C)C(C)C(O)c1ccccc1. The van der Waals surface area contributed by atoms with Gasteiger partial charge in [0.1, 0.15) is 12.1 Å². The average molecular weight is 220 g/mol. The molecule has 1 N–H and O–H groups in total. The Bertz CT molecular complexity index is 332. The third kappa shape index (κ3) is 2.94. The fourth-order valence-electron chi connectivity index (χ4n) is 1.81. The number of likely N-dealkylation sites (N-methyl/N-ethyl adjacent to an activating group) is 1. The first-order chi connectivity index (χ1) is 7.49. The lowest BCUT2D eigenvalue weighted by molar-refractivity contribution is -0.912. The van der Waals surface area contributed by atoms with Gasteiger partial charge in [-0.1, -0.05) is 36.9 Å². The van der Waals surface area contributed by atoms with E-state index in [1.54, 1.807) is 0 Å². The largest absolute Gasteiger partial charge is 0.382 e. The normalized spacial score (nSPS) is 15.5. The van der Waals surface area contributed by atoms with Crippen LogP contribution in [0.4, 0.5) is 0 Å². The summed E-state index contributed by atoms with van der Waals surface area (Å²) in [5.74, 6) is 0. The van der Waals surface area contributed by atoms with Crippen molar-refractivity contribution < 1.29 is 9.59 Å². The monoisotopic (exact) mass is 220 g/mol. The first-order valence-corrected chi connectivity index (χ1v) is 5.65. The zero-order valence-electron chi connectivity index (χ0n) is 10.4. The molecule has 2 nitrogen and oxygen atoms in total. The molecule has 0 aliphatic carbocycles. The predicted molar refractivity (Wildman–Crippen MR) is 68.0 cm³/mol. The predicted octanol–water partition coefficient (Wildman–Crippen LogP) is 2.37. The van der Waals surface area contributed by atoms with Gasteiger partial charge in [-0.3, -0.25) is 0 Å². The van der Waals surface area contributed by atoms with Gasteiger partial charge in [-0.05, 0) is 18.6 Å². The molecule has 88 valence electrons. The zero-order chi connectivity index (χ0) is 12.2. The lowest BCUT2D eigenvalue weighted by atomic mass is 10.0. The van der Waals surface area contributed by atoms with Gasteiger partial charge in [-0.2, -0.15) is 0 Å². The second-order valence-corrected chi connectivity index (χ2v) is 4.85. The van der Waals surface area contributed by atoms with Crippen LogP contribution in [0.25, 0.3) is 0 Å². The summed E-state index contributed by atoms with van der Waals surface area (Å²) in [6, 6.07) is 9.95. The molecule has 2 atom stereocenters. The van der Waals surface area contributed by atoms with Gasteiger partial charge >= 0.3 is 0 Å². The van der Waals surface area contributed by atoms with E-state index in [0.717, 1.165) is 16.6 Å². The van der Waals surface area contributed by atoms with Crippen LogP contribution < -0.4 is 0 Å². The minimum absolute atomic E-state index is 0.139. The van der Waals surface area contributed by atoms with Crippen LogP contribution in [0, 0.1) is 0 Å². The Hall–Kier alpha value is -1.12. The molecule has 0 fully saturated rings. The molecule has 0 bridgehead atoms. The Labute approximate surface area is 98.4 Å². The molecule has 2 unspecified atom stereocenters. The summed E-state index contributed by atoms with van der Waals surface area (Å²) in [5, 5.41) is 10.3. The molecule has 0 heterocycles. The van der Waals surface area contributed by atoms with Gasteiger partial charge in [-0.15, -0.1) is 0 Å². The molecule has 0 aliphatic rings. The molecule has 0 saturated heterocycles. The molecule has 2 heteroatoms. The van der Waals surface area contributed by atoms with E-state index in [2.05, 4.69) is 27.6 Å². The van der Waals surface area contributed by atoms with Gasteiger partial charge in [0.2, 0.25) is 0 Å². The third-order valence-corrected chi connectivity index (χ3v) is 3.30. The maximum absolute atomic E-state index is 10.3. The van der Waals surface area contributed by atoms with Gasteiger partial charge in [0.25, 0.3) is 0 Å². The van der Waals surface area contributed by atoms with Crippen LogP contribution in [0.3, 0.4) is 0 Å². The van der Waals surface area contributed by atoms with Gasteiger partial charge in [0.15, 0.2) is 0 Å². The number of aliphatic hydroxyl groups is 1. The summed E-state index contributed by atoms with van der Waals surface area (Å²) in [5.41, 5.74) is 0.977. The number of quaternary nitrogens is 1. The van der Waals surface area contributed by atoms with Gasteiger partial charge in [0.05, 0.1) is 20.6 Å². The highest BCUT2D eigenvalue weighted by atomic mass is 16.3. The summed E-state index contributed by atoms with van der Waals surface area (Å²) in [7, 11) is 4.22. The third-order valence-electron chi connectivity index (χ3n) is 3.30. The van der Waals surface area contributed by atoms with Crippen LogP contribution in [0.2, 0.25) is 0 Å². The first-order valence-electron chi connectivity index (χ1n) is 5.65. The van der Waals surface area contributed by atoms with Crippen molar-refractivity contribution in [1.29, 1.82) is 0 Å². The van der Waals surface area contributed by atoms with Crippen LogP contribution >= 0.6 is 0 Å². The molecule has 0 saturated carbocycles. The van der Waals surface area contributed by atoms with E-state index < -0.39 is 6.10 Å². The van der Waals surface area contributed by atoms with E-state index >= 15 is 0 Å². The summed E-state index contributed by atoms with van der Waals surface area (Å²) in [4.78, 5) is 0. The van der Waals surface area contributed by atoms with Crippen molar-refractivity contribution in [2.24, 2.45) is 0 Å². The quantitative estimate of drug-likeness (QED) is 0.596. The van der Waals surface area contributed by atoms with Crippen molar-refractivity contribution in [3.05, 3.63) is 48.6 Å². The summed E-state index contributed by atoms with van der Waals surface area (Å²) >= 11 is 0. The van der Waals surface area contributed by atoms with E-state index in [0.29, 0.717) is 0 Å². The van der Waals surface area contributed by atoms with Crippen molar-refractivity contribution in [1.82, 2.24) is 0 Å². The van der Waals surface area contributed by atoms with E-state index in [9.17, 15) is 5.11 Å². The maximum Gasteiger partial charge on any atom is 0.130 e. The molecule has 0 aromatic heterocycles. The van der Waals surface area contributed by atoms with E-state index in [1.807, 2.05) is 36.4 Å². The van der Waals surface area contributed by atoms with Crippen molar-refractivity contribution in [2.45, 2.75) is 19.1 Å². The number of hydrogen-bond donors (Lipinski definition) is 1. The Kier molecular flexibility index (Phi) is 4.27. The van der Waals surface area contributed by atoms with Crippen molar-refractivity contribution >= 4 is 0 Å². The van der Waals surface area contributed by atoms with E-state index in [-0.39, 0.29) is 6.04 Å². The lowest BCUT2D eigenvalue weighted by Gasteiger charge is -2.37. The summed E-state index contributed by atoms with van der Waals surface area (Å²) < 4.78 is 0.736. The highest BCUT2D eigenvalue weighted by molar-refractivity contribution is 5.18. The van der Waals surface area contributed by atoms with Crippen LogP contribution in [-0.4, -0.2) is 36.3 Å². The van der Waals surface area contributed by atoms with Crippen LogP contribution in [0.15, 0.2) is 43.0 Å². The zero-order valence-corrected chi connectivity index (χ0v) is 10.4. The molecular formula is C14H22NO+. The van der Waals surface area contributed by atoms with E-state index in [4.69, 9.17) is 0 Å². The van der Waals surface area contributed by atoms with Gasteiger partial charge in [-0.25, -0.2) is 0 Å².